The molecule has 0 saturated heterocycles. The first kappa shape index (κ1) is 11.1. The maximum Gasteiger partial charge on any atom is 0.219 e. The van der Waals surface area contributed by atoms with Crippen LogP contribution < -0.4 is 0 Å². The molecule has 1 unspecified atom stereocenters. The Labute approximate surface area is 97.1 Å². The van der Waals surface area contributed by atoms with E-state index in [-0.39, 0.29) is 11.3 Å². The summed E-state index contributed by atoms with van der Waals surface area (Å²) in [6.07, 6.45) is 1.34. The molecule has 0 aliphatic rings. The van der Waals surface area contributed by atoms with Gasteiger partial charge in [0.1, 0.15) is 11.7 Å². The van der Waals surface area contributed by atoms with Crippen LogP contribution in [0, 0.1) is 17.1 Å². The lowest BCUT2D eigenvalue weighted by Crippen LogP contribution is -2.11. The van der Waals surface area contributed by atoms with Gasteiger partial charge in [-0.25, -0.2) is 4.39 Å². The molecule has 1 atom stereocenters. The van der Waals surface area contributed by atoms with Gasteiger partial charge in [-0.1, -0.05) is 18.2 Å². The zero-order valence-corrected chi connectivity index (χ0v) is 8.76. The summed E-state index contributed by atoms with van der Waals surface area (Å²) in [6, 6.07) is 10.5. The molecule has 0 radical (unpaired) electrons. The van der Waals surface area contributed by atoms with Gasteiger partial charge < -0.3 is 4.42 Å². The van der Waals surface area contributed by atoms with Gasteiger partial charge in [0.25, 0.3) is 0 Å². The Hall–Kier alpha value is -2.41. The van der Waals surface area contributed by atoms with Crippen LogP contribution in [-0.4, -0.2) is 5.78 Å². The summed E-state index contributed by atoms with van der Waals surface area (Å²) in [5.41, 5.74) is 0.0661. The van der Waals surface area contributed by atoms with Crippen LogP contribution in [0.25, 0.3) is 0 Å². The number of carbonyl (C=O) groups excluding carboxylic acids is 1. The fourth-order valence-corrected chi connectivity index (χ4v) is 1.54. The molecule has 2 rings (SSSR count). The van der Waals surface area contributed by atoms with E-state index in [2.05, 4.69) is 0 Å². The van der Waals surface area contributed by atoms with Gasteiger partial charge in [-0.15, -0.1) is 0 Å². The highest BCUT2D eigenvalue weighted by Crippen LogP contribution is 2.23. The quantitative estimate of drug-likeness (QED) is 0.760. The lowest BCUT2D eigenvalue weighted by molar-refractivity contribution is 0.0950. The van der Waals surface area contributed by atoms with Gasteiger partial charge in [0, 0.05) is 5.56 Å². The number of hydrogen-bond acceptors (Lipinski definition) is 3. The lowest BCUT2D eigenvalue weighted by atomic mass is 9.94. The number of Topliss-reactive ketones (excluding diaryl/α,β-unsaturated/α-hetero) is 1. The molecule has 4 heteroatoms. The zero-order valence-electron chi connectivity index (χ0n) is 8.76. The van der Waals surface area contributed by atoms with Crippen molar-refractivity contribution in [3.8, 4) is 6.07 Å². The van der Waals surface area contributed by atoms with E-state index in [9.17, 15) is 9.18 Å². The molecule has 17 heavy (non-hydrogen) atoms. The molecule has 0 fully saturated rings. The Balaban J connectivity index is 2.39. The normalized spacial score (nSPS) is 11.8. The van der Waals surface area contributed by atoms with Gasteiger partial charge in [0.15, 0.2) is 5.76 Å². The standard InChI is InChI=1S/C13H8FNO2/c14-11-5-2-1-4-9(11)10(8-15)13(16)12-6-3-7-17-12/h1-7,10H. The highest BCUT2D eigenvalue weighted by molar-refractivity contribution is 6.00. The van der Waals surface area contributed by atoms with E-state index in [0.717, 1.165) is 0 Å². The first-order valence-electron chi connectivity index (χ1n) is 4.96. The van der Waals surface area contributed by atoms with Gasteiger partial charge in [-0.05, 0) is 18.2 Å². The SMILES string of the molecule is N#CC(C(=O)c1ccco1)c1ccccc1F. The van der Waals surface area contributed by atoms with Crippen molar-refractivity contribution in [1.82, 2.24) is 0 Å². The van der Waals surface area contributed by atoms with Gasteiger partial charge in [0.05, 0.1) is 12.3 Å². The predicted octanol–water partition coefficient (Wildman–Crippen LogP) is 2.91. The maximum absolute atomic E-state index is 13.5. The third-order valence-corrected chi connectivity index (χ3v) is 2.37. The third kappa shape index (κ3) is 2.08. The first-order valence-corrected chi connectivity index (χ1v) is 4.96. The van der Waals surface area contributed by atoms with Gasteiger partial charge in [-0.3, -0.25) is 4.79 Å². The number of nitrogens with zero attached hydrogens (tertiary/aromatic N) is 1. The molecule has 1 aromatic heterocycles. The molecule has 0 spiro atoms. The number of furan rings is 1. The molecular formula is C13H8FNO2. The van der Waals surface area contributed by atoms with E-state index >= 15 is 0 Å². The average Bonchev–Trinajstić information content (AvgIpc) is 2.86. The minimum absolute atomic E-state index is 0.0554. The van der Waals surface area contributed by atoms with Crippen LogP contribution in [0.1, 0.15) is 22.0 Å². The monoisotopic (exact) mass is 229 g/mol. The summed E-state index contributed by atoms with van der Waals surface area (Å²) < 4.78 is 18.4. The molecule has 0 amide bonds. The van der Waals surface area contributed by atoms with Crippen LogP contribution in [0.3, 0.4) is 0 Å². The van der Waals surface area contributed by atoms with E-state index in [1.165, 1.54) is 30.5 Å². The van der Waals surface area contributed by atoms with Crippen molar-refractivity contribution >= 4 is 5.78 Å². The maximum atomic E-state index is 13.5. The molecule has 1 heterocycles. The highest BCUT2D eigenvalue weighted by atomic mass is 19.1. The van der Waals surface area contributed by atoms with Crippen LogP contribution in [-0.2, 0) is 0 Å². The Kier molecular flexibility index (Phi) is 3.01. The minimum Gasteiger partial charge on any atom is -0.461 e. The second kappa shape index (κ2) is 4.62. The molecule has 0 bridgehead atoms. The van der Waals surface area contributed by atoms with Crippen molar-refractivity contribution in [2.45, 2.75) is 5.92 Å². The van der Waals surface area contributed by atoms with Crippen LogP contribution in [0.15, 0.2) is 47.1 Å². The lowest BCUT2D eigenvalue weighted by Gasteiger charge is -2.07. The summed E-state index contributed by atoms with van der Waals surface area (Å²) in [7, 11) is 0. The summed E-state index contributed by atoms with van der Waals surface area (Å²) in [5, 5.41) is 8.99. The number of rotatable bonds is 3. The van der Waals surface area contributed by atoms with Crippen molar-refractivity contribution in [1.29, 1.82) is 5.26 Å². The molecule has 0 aliphatic heterocycles. The number of nitriles is 1. The Morgan fingerprint density at radius 1 is 1.29 bits per heavy atom. The summed E-state index contributed by atoms with van der Waals surface area (Å²) in [5.74, 6) is -2.23. The van der Waals surface area contributed by atoms with Crippen molar-refractivity contribution in [2.75, 3.05) is 0 Å². The van der Waals surface area contributed by atoms with Crippen molar-refractivity contribution < 1.29 is 13.6 Å². The number of halogens is 1. The second-order valence-electron chi connectivity index (χ2n) is 3.43. The highest BCUT2D eigenvalue weighted by Gasteiger charge is 2.26. The van der Waals surface area contributed by atoms with Gasteiger partial charge >= 0.3 is 0 Å². The van der Waals surface area contributed by atoms with Crippen molar-refractivity contribution in [2.24, 2.45) is 0 Å². The number of ketones is 1. The first-order chi connectivity index (χ1) is 8.24. The van der Waals surface area contributed by atoms with Crippen LogP contribution in [0.2, 0.25) is 0 Å². The van der Waals surface area contributed by atoms with E-state index in [4.69, 9.17) is 9.68 Å². The number of benzene rings is 1. The predicted molar refractivity (Wildman–Crippen MR) is 57.8 cm³/mol. The van der Waals surface area contributed by atoms with Gasteiger partial charge in [0.2, 0.25) is 5.78 Å². The number of carbonyl (C=O) groups is 1. The fraction of sp³-hybridized carbons (Fsp3) is 0.0769. The van der Waals surface area contributed by atoms with Crippen molar-refractivity contribution in [3.63, 3.8) is 0 Å². The summed E-state index contributed by atoms with van der Waals surface area (Å²) in [4.78, 5) is 11.9. The zero-order chi connectivity index (χ0) is 12.3. The van der Waals surface area contributed by atoms with Crippen LogP contribution in [0.5, 0.6) is 0 Å². The number of hydrogen-bond donors (Lipinski definition) is 0. The fourth-order valence-electron chi connectivity index (χ4n) is 1.54. The average molecular weight is 229 g/mol. The van der Waals surface area contributed by atoms with Crippen LogP contribution >= 0.6 is 0 Å². The Morgan fingerprint density at radius 2 is 2.06 bits per heavy atom. The molecule has 0 aliphatic carbocycles. The molecular weight excluding hydrogens is 221 g/mol. The molecule has 0 N–H and O–H groups in total. The smallest absolute Gasteiger partial charge is 0.219 e. The van der Waals surface area contributed by atoms with E-state index in [1.54, 1.807) is 18.2 Å². The van der Waals surface area contributed by atoms with Crippen LogP contribution in [0.4, 0.5) is 4.39 Å². The van der Waals surface area contributed by atoms with E-state index in [0.29, 0.717) is 0 Å². The van der Waals surface area contributed by atoms with Crippen molar-refractivity contribution in [3.05, 3.63) is 59.8 Å². The summed E-state index contributed by atoms with van der Waals surface area (Å²) in [6.45, 7) is 0. The molecule has 2 aromatic rings. The van der Waals surface area contributed by atoms with E-state index in [1.807, 2.05) is 0 Å². The Bertz CT molecular complexity index is 569. The molecule has 84 valence electrons. The van der Waals surface area contributed by atoms with E-state index < -0.39 is 17.5 Å². The minimum atomic E-state index is -1.18. The van der Waals surface area contributed by atoms with Gasteiger partial charge in [-0.2, -0.15) is 5.26 Å². The largest absolute Gasteiger partial charge is 0.461 e. The Morgan fingerprint density at radius 3 is 2.65 bits per heavy atom. The molecule has 1 aromatic carbocycles. The summed E-state index contributed by atoms with van der Waals surface area (Å²) >= 11 is 0. The topological polar surface area (TPSA) is 54.0 Å². The third-order valence-electron chi connectivity index (χ3n) is 2.37. The second-order valence-corrected chi connectivity index (χ2v) is 3.43. The molecule has 3 nitrogen and oxygen atoms in total. The molecule has 0 saturated carbocycles.